The van der Waals surface area contributed by atoms with Gasteiger partial charge in [-0.3, -0.25) is 4.68 Å². The molecule has 1 heterocycles. The van der Waals surface area contributed by atoms with Gasteiger partial charge in [0.15, 0.2) is 0 Å². The van der Waals surface area contributed by atoms with E-state index in [9.17, 15) is 18.3 Å². The summed E-state index contributed by atoms with van der Waals surface area (Å²) in [6.07, 6.45) is -4.31. The van der Waals surface area contributed by atoms with Crippen molar-refractivity contribution in [2.75, 3.05) is 13.2 Å². The largest absolute Gasteiger partial charge is 0.411 e. The molecular formula is C12H19F3N2O2. The predicted molar refractivity (Wildman–Crippen MR) is 63.9 cm³/mol. The molecule has 0 aliphatic rings. The predicted octanol–water partition coefficient (Wildman–Crippen LogP) is 1.95. The van der Waals surface area contributed by atoms with Gasteiger partial charge in [0.1, 0.15) is 6.61 Å². The van der Waals surface area contributed by atoms with Crippen LogP contribution in [0.3, 0.4) is 0 Å². The van der Waals surface area contributed by atoms with Gasteiger partial charge < -0.3 is 9.84 Å². The smallest absolute Gasteiger partial charge is 0.390 e. The van der Waals surface area contributed by atoms with E-state index >= 15 is 0 Å². The lowest BCUT2D eigenvalue weighted by molar-refractivity contribution is -0.179. The van der Waals surface area contributed by atoms with Crippen LogP contribution in [-0.4, -0.2) is 40.4 Å². The van der Waals surface area contributed by atoms with Crippen LogP contribution in [0, 0.1) is 0 Å². The van der Waals surface area contributed by atoms with Gasteiger partial charge >= 0.3 is 6.18 Å². The lowest BCUT2D eigenvalue weighted by Crippen LogP contribution is -2.25. The summed E-state index contributed by atoms with van der Waals surface area (Å²) >= 11 is 0. The standard InChI is InChI=1S/C12H19F3N2O2/c1-3-9-5-10(17(4-2)16-9)6-11(18)7-19-8-12(13,14)15/h5,11,18H,3-4,6-8H2,1-2H3. The Morgan fingerprint density at radius 1 is 1.42 bits per heavy atom. The first kappa shape index (κ1) is 16.0. The number of hydrogen-bond donors (Lipinski definition) is 1. The molecule has 0 saturated heterocycles. The van der Waals surface area contributed by atoms with Crippen molar-refractivity contribution in [3.63, 3.8) is 0 Å². The fourth-order valence-corrected chi connectivity index (χ4v) is 1.74. The number of ether oxygens (including phenoxy) is 1. The minimum Gasteiger partial charge on any atom is -0.390 e. The second-order valence-corrected chi connectivity index (χ2v) is 4.28. The van der Waals surface area contributed by atoms with Crippen molar-refractivity contribution < 1.29 is 23.0 Å². The first-order valence-electron chi connectivity index (χ1n) is 6.23. The number of aryl methyl sites for hydroxylation is 2. The molecule has 0 aliphatic carbocycles. The molecule has 0 saturated carbocycles. The summed E-state index contributed by atoms with van der Waals surface area (Å²) < 4.78 is 41.8. The summed E-state index contributed by atoms with van der Waals surface area (Å²) in [5, 5.41) is 14.0. The second-order valence-electron chi connectivity index (χ2n) is 4.28. The maximum atomic E-state index is 11.9. The average Bonchev–Trinajstić information content (AvgIpc) is 2.69. The first-order valence-corrected chi connectivity index (χ1v) is 6.23. The molecule has 0 radical (unpaired) electrons. The molecular weight excluding hydrogens is 261 g/mol. The summed E-state index contributed by atoms with van der Waals surface area (Å²) in [5.41, 5.74) is 1.71. The zero-order valence-corrected chi connectivity index (χ0v) is 11.1. The van der Waals surface area contributed by atoms with Gasteiger partial charge in [-0.15, -0.1) is 0 Å². The fourth-order valence-electron chi connectivity index (χ4n) is 1.74. The Hall–Kier alpha value is -1.08. The van der Waals surface area contributed by atoms with Crippen molar-refractivity contribution in [1.29, 1.82) is 0 Å². The third kappa shape index (κ3) is 5.61. The van der Waals surface area contributed by atoms with Gasteiger partial charge in [0.05, 0.1) is 18.4 Å². The molecule has 1 aromatic rings. The van der Waals surface area contributed by atoms with E-state index in [-0.39, 0.29) is 13.0 Å². The summed E-state index contributed by atoms with van der Waals surface area (Å²) in [6, 6.07) is 1.86. The van der Waals surface area contributed by atoms with Crippen LogP contribution in [0.15, 0.2) is 6.07 Å². The van der Waals surface area contributed by atoms with Crippen molar-refractivity contribution in [3.8, 4) is 0 Å². The van der Waals surface area contributed by atoms with Gasteiger partial charge in [-0.05, 0) is 19.4 Å². The molecule has 0 amide bonds. The third-order valence-corrected chi connectivity index (χ3v) is 2.60. The van der Waals surface area contributed by atoms with Gasteiger partial charge in [0.25, 0.3) is 0 Å². The molecule has 0 spiro atoms. The number of nitrogens with zero attached hydrogens (tertiary/aromatic N) is 2. The van der Waals surface area contributed by atoms with E-state index in [4.69, 9.17) is 0 Å². The first-order chi connectivity index (χ1) is 8.85. The quantitative estimate of drug-likeness (QED) is 0.830. The Bertz CT molecular complexity index is 391. The highest BCUT2D eigenvalue weighted by molar-refractivity contribution is 5.11. The highest BCUT2D eigenvalue weighted by atomic mass is 19.4. The van der Waals surface area contributed by atoms with E-state index in [1.54, 1.807) is 4.68 Å². The molecule has 19 heavy (non-hydrogen) atoms. The molecule has 7 heteroatoms. The SMILES string of the molecule is CCc1cc(CC(O)COCC(F)(F)F)n(CC)n1. The molecule has 1 unspecified atom stereocenters. The van der Waals surface area contributed by atoms with Crippen LogP contribution in [0.2, 0.25) is 0 Å². The maximum absolute atomic E-state index is 11.9. The normalized spacial score (nSPS) is 13.8. The Labute approximate surface area is 110 Å². The van der Waals surface area contributed by atoms with Crippen LogP contribution in [0.1, 0.15) is 25.2 Å². The lowest BCUT2D eigenvalue weighted by Gasteiger charge is -2.13. The Kier molecular flexibility index (Phi) is 5.81. The van der Waals surface area contributed by atoms with Crippen molar-refractivity contribution >= 4 is 0 Å². The minimum absolute atomic E-state index is 0.235. The fraction of sp³-hybridized carbons (Fsp3) is 0.750. The number of aliphatic hydroxyl groups is 1. The molecule has 1 rings (SSSR count). The van der Waals surface area contributed by atoms with E-state index in [0.717, 1.165) is 17.8 Å². The Balaban J connectivity index is 2.47. The van der Waals surface area contributed by atoms with Gasteiger partial charge in [0.2, 0.25) is 0 Å². The van der Waals surface area contributed by atoms with Crippen LogP contribution >= 0.6 is 0 Å². The van der Waals surface area contributed by atoms with E-state index in [2.05, 4.69) is 9.84 Å². The monoisotopic (exact) mass is 280 g/mol. The molecule has 1 atom stereocenters. The van der Waals surface area contributed by atoms with Crippen LogP contribution in [0.4, 0.5) is 13.2 Å². The van der Waals surface area contributed by atoms with Gasteiger partial charge in [-0.25, -0.2) is 0 Å². The van der Waals surface area contributed by atoms with Crippen LogP contribution in [0.25, 0.3) is 0 Å². The van der Waals surface area contributed by atoms with Crippen LogP contribution < -0.4 is 0 Å². The molecule has 1 N–H and O–H groups in total. The van der Waals surface area contributed by atoms with Gasteiger partial charge in [-0.1, -0.05) is 6.92 Å². The summed E-state index contributed by atoms with van der Waals surface area (Å²) in [4.78, 5) is 0. The van der Waals surface area contributed by atoms with E-state index in [1.165, 1.54) is 0 Å². The Morgan fingerprint density at radius 2 is 2.11 bits per heavy atom. The minimum atomic E-state index is -4.36. The van der Waals surface area contributed by atoms with E-state index < -0.39 is 18.9 Å². The highest BCUT2D eigenvalue weighted by Crippen LogP contribution is 2.15. The molecule has 110 valence electrons. The molecule has 4 nitrogen and oxygen atoms in total. The highest BCUT2D eigenvalue weighted by Gasteiger charge is 2.27. The number of alkyl halides is 3. The van der Waals surface area contributed by atoms with Crippen LogP contribution in [0.5, 0.6) is 0 Å². The van der Waals surface area contributed by atoms with Gasteiger partial charge in [0, 0.05) is 18.7 Å². The molecule has 0 aromatic carbocycles. The number of rotatable bonds is 7. The zero-order valence-electron chi connectivity index (χ0n) is 11.1. The number of aliphatic hydroxyl groups excluding tert-OH is 1. The lowest BCUT2D eigenvalue weighted by atomic mass is 10.2. The topological polar surface area (TPSA) is 47.3 Å². The molecule has 0 aliphatic heterocycles. The van der Waals surface area contributed by atoms with Crippen molar-refractivity contribution in [2.24, 2.45) is 0 Å². The summed E-state index contributed by atoms with van der Waals surface area (Å²) in [6.45, 7) is 2.87. The summed E-state index contributed by atoms with van der Waals surface area (Å²) in [7, 11) is 0. The molecule has 0 fully saturated rings. The number of hydrogen-bond acceptors (Lipinski definition) is 3. The molecule has 0 bridgehead atoms. The van der Waals surface area contributed by atoms with Crippen molar-refractivity contribution in [1.82, 2.24) is 9.78 Å². The third-order valence-electron chi connectivity index (χ3n) is 2.60. The summed E-state index contributed by atoms with van der Waals surface area (Å²) in [5.74, 6) is 0. The maximum Gasteiger partial charge on any atom is 0.411 e. The van der Waals surface area contributed by atoms with Crippen molar-refractivity contribution in [2.45, 2.75) is 45.5 Å². The zero-order chi connectivity index (χ0) is 14.5. The molecule has 1 aromatic heterocycles. The van der Waals surface area contributed by atoms with Crippen molar-refractivity contribution in [3.05, 3.63) is 17.5 Å². The van der Waals surface area contributed by atoms with E-state index in [0.29, 0.717) is 6.54 Å². The average molecular weight is 280 g/mol. The van der Waals surface area contributed by atoms with Gasteiger partial charge in [-0.2, -0.15) is 18.3 Å². The van der Waals surface area contributed by atoms with Crippen LogP contribution in [-0.2, 0) is 24.1 Å². The second kappa shape index (κ2) is 6.91. The number of halogens is 3. The Morgan fingerprint density at radius 3 is 2.63 bits per heavy atom. The number of aromatic nitrogens is 2. The van der Waals surface area contributed by atoms with E-state index in [1.807, 2.05) is 19.9 Å².